The van der Waals surface area contributed by atoms with Gasteiger partial charge in [-0.2, -0.15) is 0 Å². The highest BCUT2D eigenvalue weighted by Crippen LogP contribution is 2.25. The maximum Gasteiger partial charge on any atom is 0.227 e. The Kier molecular flexibility index (Phi) is 4.51. The van der Waals surface area contributed by atoms with Crippen molar-refractivity contribution in [2.24, 2.45) is 0 Å². The minimum atomic E-state index is -1.47. The highest BCUT2D eigenvalue weighted by molar-refractivity contribution is 5.89. The van der Waals surface area contributed by atoms with E-state index in [1.165, 1.54) is 6.07 Å². The lowest BCUT2D eigenvalue weighted by atomic mass is 10.1. The first-order valence-electron chi connectivity index (χ1n) is 8.76. The van der Waals surface area contributed by atoms with Crippen LogP contribution in [0.3, 0.4) is 0 Å². The SMILES string of the molecule is O=C(Cc1c[nH]c2ccccc12)N1CCN(c2ccc(F)c(F)c2F)CC1. The fraction of sp³-hybridized carbons (Fsp3) is 0.250. The molecule has 3 aromatic rings. The third-order valence-electron chi connectivity index (χ3n) is 5.00. The Hall–Kier alpha value is -2.96. The first-order valence-corrected chi connectivity index (χ1v) is 8.76. The van der Waals surface area contributed by atoms with Crippen LogP contribution in [0.15, 0.2) is 42.6 Å². The molecule has 0 bridgehead atoms. The van der Waals surface area contributed by atoms with Gasteiger partial charge in [0.2, 0.25) is 5.91 Å². The van der Waals surface area contributed by atoms with Crippen LogP contribution >= 0.6 is 0 Å². The van der Waals surface area contributed by atoms with Gasteiger partial charge in [-0.15, -0.1) is 0 Å². The fourth-order valence-corrected chi connectivity index (χ4v) is 3.51. The van der Waals surface area contributed by atoms with Gasteiger partial charge >= 0.3 is 0 Å². The molecule has 0 radical (unpaired) electrons. The van der Waals surface area contributed by atoms with Crippen LogP contribution in [0, 0.1) is 17.5 Å². The molecule has 0 aliphatic carbocycles. The highest BCUT2D eigenvalue weighted by atomic mass is 19.2. The Morgan fingerprint density at radius 3 is 2.48 bits per heavy atom. The smallest absolute Gasteiger partial charge is 0.227 e. The number of fused-ring (bicyclic) bond motifs is 1. The number of halogens is 3. The van der Waals surface area contributed by atoms with Crippen molar-refractivity contribution in [2.45, 2.75) is 6.42 Å². The number of nitrogens with zero attached hydrogens (tertiary/aromatic N) is 2. The van der Waals surface area contributed by atoms with E-state index >= 15 is 0 Å². The second kappa shape index (κ2) is 6.98. The monoisotopic (exact) mass is 373 g/mol. The zero-order valence-corrected chi connectivity index (χ0v) is 14.5. The summed E-state index contributed by atoms with van der Waals surface area (Å²) in [6.07, 6.45) is 2.12. The van der Waals surface area contributed by atoms with E-state index in [2.05, 4.69) is 4.98 Å². The van der Waals surface area contributed by atoms with Gasteiger partial charge < -0.3 is 14.8 Å². The quantitative estimate of drug-likeness (QED) is 0.714. The Morgan fingerprint density at radius 2 is 1.70 bits per heavy atom. The normalized spacial score (nSPS) is 14.8. The summed E-state index contributed by atoms with van der Waals surface area (Å²) >= 11 is 0. The number of benzene rings is 2. The van der Waals surface area contributed by atoms with Crippen molar-refractivity contribution in [1.29, 1.82) is 0 Å². The van der Waals surface area contributed by atoms with Crippen LogP contribution < -0.4 is 4.90 Å². The van der Waals surface area contributed by atoms with E-state index in [9.17, 15) is 18.0 Å². The van der Waals surface area contributed by atoms with E-state index < -0.39 is 17.5 Å². The van der Waals surface area contributed by atoms with E-state index in [-0.39, 0.29) is 18.0 Å². The summed E-state index contributed by atoms with van der Waals surface area (Å²) in [7, 11) is 0. The number of aromatic nitrogens is 1. The van der Waals surface area contributed by atoms with Crippen molar-refractivity contribution in [1.82, 2.24) is 9.88 Å². The topological polar surface area (TPSA) is 39.3 Å². The van der Waals surface area contributed by atoms with Crippen LogP contribution in [-0.4, -0.2) is 42.0 Å². The van der Waals surface area contributed by atoms with Crippen LogP contribution in [0.4, 0.5) is 18.9 Å². The molecule has 1 aromatic heterocycles. The first kappa shape index (κ1) is 17.5. The average molecular weight is 373 g/mol. The van der Waals surface area contributed by atoms with Gasteiger partial charge in [-0.1, -0.05) is 18.2 Å². The minimum Gasteiger partial charge on any atom is -0.366 e. The third kappa shape index (κ3) is 3.25. The zero-order valence-electron chi connectivity index (χ0n) is 14.5. The molecule has 1 saturated heterocycles. The molecule has 1 fully saturated rings. The van der Waals surface area contributed by atoms with E-state index in [1.54, 1.807) is 9.80 Å². The molecule has 140 valence electrons. The molecule has 4 nitrogen and oxygen atoms in total. The van der Waals surface area contributed by atoms with Crippen LogP contribution in [0.5, 0.6) is 0 Å². The van der Waals surface area contributed by atoms with Crippen molar-refractivity contribution < 1.29 is 18.0 Å². The fourth-order valence-electron chi connectivity index (χ4n) is 3.51. The minimum absolute atomic E-state index is 0.00911. The zero-order chi connectivity index (χ0) is 19.0. The maximum absolute atomic E-state index is 14.0. The number of aromatic amines is 1. The number of carbonyl (C=O) groups is 1. The molecule has 1 aliphatic heterocycles. The lowest BCUT2D eigenvalue weighted by molar-refractivity contribution is -0.130. The highest BCUT2D eigenvalue weighted by Gasteiger charge is 2.25. The summed E-state index contributed by atoms with van der Waals surface area (Å²) in [4.78, 5) is 19.1. The van der Waals surface area contributed by atoms with Gasteiger partial charge in [-0.3, -0.25) is 4.79 Å². The number of para-hydroxylation sites is 1. The lowest BCUT2D eigenvalue weighted by Gasteiger charge is -2.36. The standard InChI is InChI=1S/C20H18F3N3O/c21-15-5-6-17(20(23)19(15)22)25-7-9-26(10-8-25)18(27)11-13-12-24-16-4-2-1-3-14(13)16/h1-6,12,24H,7-11H2. The number of amides is 1. The summed E-state index contributed by atoms with van der Waals surface area (Å²) in [5.41, 5.74) is 1.95. The van der Waals surface area contributed by atoms with Gasteiger partial charge in [-0.05, 0) is 23.8 Å². The Labute approximate surface area is 154 Å². The second-order valence-corrected chi connectivity index (χ2v) is 6.60. The Morgan fingerprint density at radius 1 is 0.963 bits per heavy atom. The number of anilines is 1. The van der Waals surface area contributed by atoms with Crippen molar-refractivity contribution in [3.63, 3.8) is 0 Å². The van der Waals surface area contributed by atoms with Gasteiger partial charge in [0.05, 0.1) is 12.1 Å². The van der Waals surface area contributed by atoms with Gasteiger partial charge in [0.25, 0.3) is 0 Å². The molecule has 0 unspecified atom stereocenters. The predicted molar refractivity (Wildman–Crippen MR) is 97.1 cm³/mol. The number of piperazine rings is 1. The van der Waals surface area contributed by atoms with E-state index in [4.69, 9.17) is 0 Å². The average Bonchev–Trinajstić information content (AvgIpc) is 3.09. The predicted octanol–water partition coefficient (Wildman–Crippen LogP) is 3.48. The van der Waals surface area contributed by atoms with E-state index in [1.807, 2.05) is 30.5 Å². The number of carbonyl (C=O) groups excluding carboxylic acids is 1. The first-order chi connectivity index (χ1) is 13.0. The molecule has 27 heavy (non-hydrogen) atoms. The second-order valence-electron chi connectivity index (χ2n) is 6.60. The maximum atomic E-state index is 14.0. The van der Waals surface area contributed by atoms with Crippen LogP contribution in [0.25, 0.3) is 10.9 Å². The number of hydrogen-bond acceptors (Lipinski definition) is 2. The van der Waals surface area contributed by atoms with E-state index in [0.29, 0.717) is 26.2 Å². The Bertz CT molecular complexity index is 993. The molecule has 1 amide bonds. The molecule has 0 saturated carbocycles. The molecule has 0 atom stereocenters. The largest absolute Gasteiger partial charge is 0.366 e. The van der Waals surface area contributed by atoms with Gasteiger partial charge in [-0.25, -0.2) is 13.2 Å². The summed E-state index contributed by atoms with van der Waals surface area (Å²) in [5.74, 6) is -3.87. The summed E-state index contributed by atoms with van der Waals surface area (Å²) < 4.78 is 40.5. The number of rotatable bonds is 3. The van der Waals surface area contributed by atoms with Gasteiger partial charge in [0, 0.05) is 43.3 Å². The van der Waals surface area contributed by atoms with Gasteiger partial charge in [0.15, 0.2) is 17.5 Å². The molecule has 2 heterocycles. The van der Waals surface area contributed by atoms with Crippen LogP contribution in [0.2, 0.25) is 0 Å². The van der Waals surface area contributed by atoms with Gasteiger partial charge in [0.1, 0.15) is 0 Å². The van der Waals surface area contributed by atoms with Crippen LogP contribution in [0.1, 0.15) is 5.56 Å². The molecular formula is C20H18F3N3O. The number of hydrogen-bond donors (Lipinski definition) is 1. The lowest BCUT2D eigenvalue weighted by Crippen LogP contribution is -2.49. The number of nitrogens with one attached hydrogen (secondary N) is 1. The van der Waals surface area contributed by atoms with Crippen LogP contribution in [-0.2, 0) is 11.2 Å². The molecule has 4 rings (SSSR count). The molecule has 1 aliphatic rings. The van der Waals surface area contributed by atoms with Crippen molar-refractivity contribution in [2.75, 3.05) is 31.1 Å². The summed E-state index contributed by atoms with van der Waals surface area (Å²) in [5, 5.41) is 1.02. The molecular weight excluding hydrogens is 355 g/mol. The van der Waals surface area contributed by atoms with Crippen molar-refractivity contribution in [3.8, 4) is 0 Å². The van der Waals surface area contributed by atoms with E-state index in [0.717, 1.165) is 22.5 Å². The summed E-state index contributed by atoms with van der Waals surface area (Å²) in [6, 6.07) is 9.94. The number of H-pyrrole nitrogens is 1. The Balaban J connectivity index is 1.42. The molecule has 0 spiro atoms. The molecule has 7 heteroatoms. The molecule has 1 N–H and O–H groups in total. The molecule has 2 aromatic carbocycles. The van der Waals surface area contributed by atoms with Crippen molar-refractivity contribution in [3.05, 3.63) is 65.6 Å². The van der Waals surface area contributed by atoms with Crippen molar-refractivity contribution >= 4 is 22.5 Å². The summed E-state index contributed by atoms with van der Waals surface area (Å²) in [6.45, 7) is 1.53. The third-order valence-corrected chi connectivity index (χ3v) is 5.00.